The molecular weight excluding hydrogens is 343 g/mol. The fraction of sp³-hybridized carbons (Fsp3) is 0.438. The number of isocyanates is 1. The molecule has 0 aliphatic rings. The van der Waals surface area contributed by atoms with E-state index >= 15 is 0 Å². The summed E-state index contributed by atoms with van der Waals surface area (Å²) in [6.07, 6.45) is 2.03. The summed E-state index contributed by atoms with van der Waals surface area (Å²) in [5, 5.41) is 31.2. The van der Waals surface area contributed by atoms with Crippen molar-refractivity contribution in [1.82, 2.24) is 0 Å². The van der Waals surface area contributed by atoms with Crippen molar-refractivity contribution in [3.63, 3.8) is 0 Å². The van der Waals surface area contributed by atoms with Crippen molar-refractivity contribution in [2.45, 2.75) is 38.8 Å². The Hall–Kier alpha value is -2.52. The van der Waals surface area contributed by atoms with E-state index in [1.807, 2.05) is 19.9 Å². The van der Waals surface area contributed by atoms with Crippen LogP contribution in [0.5, 0.6) is 0 Å². The van der Waals surface area contributed by atoms with E-state index in [1.54, 1.807) is 24.3 Å². The van der Waals surface area contributed by atoms with Crippen molar-refractivity contribution >= 4 is 25.7 Å². The lowest BCUT2D eigenvalue weighted by molar-refractivity contribution is -0.139. The SMILES string of the molecule is CC(C)C[C@H](N)C(=O)O.O=C=N[C@@H](Cc1ccccc1)C(=O)O.OBO. The molecule has 0 spiro atoms. The summed E-state index contributed by atoms with van der Waals surface area (Å²) in [4.78, 5) is 33.9. The van der Waals surface area contributed by atoms with Gasteiger partial charge in [-0.1, -0.05) is 44.2 Å². The van der Waals surface area contributed by atoms with E-state index in [9.17, 15) is 14.4 Å². The molecule has 26 heavy (non-hydrogen) atoms. The number of aliphatic imine (C=N–C) groups is 1. The minimum absolute atomic E-state index is 0.214. The first-order valence-corrected chi connectivity index (χ1v) is 7.73. The monoisotopic (exact) mass is 368 g/mol. The maximum atomic E-state index is 10.6. The van der Waals surface area contributed by atoms with Gasteiger partial charge < -0.3 is 26.0 Å². The number of nitrogens with zero attached hydrogens (tertiary/aromatic N) is 1. The molecule has 144 valence electrons. The smallest absolute Gasteiger partial charge is 0.432 e. The van der Waals surface area contributed by atoms with Crippen LogP contribution < -0.4 is 5.73 Å². The summed E-state index contributed by atoms with van der Waals surface area (Å²) in [7, 11) is -0.750. The average molecular weight is 368 g/mol. The molecule has 10 heteroatoms. The molecule has 1 rings (SSSR count). The van der Waals surface area contributed by atoms with Gasteiger partial charge in [0, 0.05) is 6.42 Å². The van der Waals surface area contributed by atoms with Gasteiger partial charge in [-0.25, -0.2) is 9.59 Å². The minimum Gasteiger partial charge on any atom is -0.480 e. The van der Waals surface area contributed by atoms with Gasteiger partial charge in [0.1, 0.15) is 6.04 Å². The number of aliphatic carboxylic acids is 2. The van der Waals surface area contributed by atoms with Crippen molar-refractivity contribution in [1.29, 1.82) is 0 Å². The van der Waals surface area contributed by atoms with Crippen LogP contribution in [0.2, 0.25) is 0 Å². The predicted octanol–water partition coefficient (Wildman–Crippen LogP) is -0.300. The van der Waals surface area contributed by atoms with Crippen LogP contribution >= 0.6 is 0 Å². The first kappa shape index (κ1) is 25.7. The third-order valence-corrected chi connectivity index (χ3v) is 2.81. The van der Waals surface area contributed by atoms with Gasteiger partial charge in [0.2, 0.25) is 6.08 Å². The molecule has 0 bridgehead atoms. The molecule has 0 aromatic heterocycles. The van der Waals surface area contributed by atoms with E-state index in [0.717, 1.165) is 5.56 Å². The highest BCUT2D eigenvalue weighted by atomic mass is 16.4. The molecule has 6 N–H and O–H groups in total. The van der Waals surface area contributed by atoms with Gasteiger partial charge >= 0.3 is 19.6 Å². The van der Waals surface area contributed by atoms with Gasteiger partial charge in [-0.2, -0.15) is 4.99 Å². The maximum absolute atomic E-state index is 10.6. The van der Waals surface area contributed by atoms with Crippen molar-refractivity contribution in [3.8, 4) is 0 Å². The fourth-order valence-electron chi connectivity index (χ4n) is 1.70. The Morgan fingerprint density at radius 1 is 1.15 bits per heavy atom. The van der Waals surface area contributed by atoms with Gasteiger partial charge in [-0.15, -0.1) is 0 Å². The van der Waals surface area contributed by atoms with E-state index in [2.05, 4.69) is 4.99 Å². The lowest BCUT2D eigenvalue weighted by atomic mass is 10.1. The number of nitrogens with two attached hydrogens (primary N) is 1. The van der Waals surface area contributed by atoms with Crippen LogP contribution in [0.25, 0.3) is 0 Å². The highest BCUT2D eigenvalue weighted by Crippen LogP contribution is 2.05. The summed E-state index contributed by atoms with van der Waals surface area (Å²) in [6, 6.07) is 7.30. The van der Waals surface area contributed by atoms with Gasteiger partial charge in [0.05, 0.1) is 0 Å². The van der Waals surface area contributed by atoms with E-state index < -0.39 is 31.7 Å². The molecule has 0 aliphatic carbocycles. The second-order valence-electron chi connectivity index (χ2n) is 5.48. The van der Waals surface area contributed by atoms with Crippen LogP contribution in [0.1, 0.15) is 25.8 Å². The first-order valence-electron chi connectivity index (χ1n) is 7.73. The van der Waals surface area contributed by atoms with E-state index in [4.69, 9.17) is 26.0 Å². The number of hydrogen-bond acceptors (Lipinski definition) is 7. The molecule has 0 heterocycles. The Labute approximate surface area is 152 Å². The fourth-order valence-corrected chi connectivity index (χ4v) is 1.70. The topological polar surface area (TPSA) is 171 Å². The van der Waals surface area contributed by atoms with Gasteiger partial charge in [0.25, 0.3) is 0 Å². The number of carboxylic acid groups (broad SMARTS) is 2. The molecule has 0 unspecified atom stereocenters. The Bertz CT molecular complexity index is 561. The van der Waals surface area contributed by atoms with Crippen LogP contribution in [0.4, 0.5) is 0 Å². The maximum Gasteiger partial charge on any atom is 0.432 e. The molecule has 1 aromatic rings. The zero-order valence-corrected chi connectivity index (χ0v) is 14.8. The molecule has 0 fully saturated rings. The van der Waals surface area contributed by atoms with Crippen molar-refractivity contribution in [2.24, 2.45) is 16.6 Å². The summed E-state index contributed by atoms with van der Waals surface area (Å²) in [6.45, 7) is 3.89. The summed E-state index contributed by atoms with van der Waals surface area (Å²) in [5.41, 5.74) is 6.05. The predicted molar refractivity (Wildman–Crippen MR) is 96.3 cm³/mol. The molecule has 0 saturated heterocycles. The Kier molecular flexibility index (Phi) is 15.8. The quantitative estimate of drug-likeness (QED) is 0.248. The zero-order chi connectivity index (χ0) is 20.5. The average Bonchev–Trinajstić information content (AvgIpc) is 2.56. The molecule has 1 aromatic carbocycles. The van der Waals surface area contributed by atoms with E-state index in [-0.39, 0.29) is 6.42 Å². The van der Waals surface area contributed by atoms with Crippen molar-refractivity contribution in [3.05, 3.63) is 35.9 Å². The molecule has 2 atom stereocenters. The summed E-state index contributed by atoms with van der Waals surface area (Å²) in [5.74, 6) is -1.67. The molecule has 0 radical (unpaired) electrons. The van der Waals surface area contributed by atoms with Gasteiger partial charge in [-0.05, 0) is 17.9 Å². The Balaban J connectivity index is 0. The third kappa shape index (κ3) is 15.0. The lowest BCUT2D eigenvalue weighted by Gasteiger charge is -2.07. The van der Waals surface area contributed by atoms with Gasteiger partial charge in [0.15, 0.2) is 6.04 Å². The number of carbonyl (C=O) groups excluding carboxylic acids is 1. The summed E-state index contributed by atoms with van der Waals surface area (Å²) < 4.78 is 0. The van der Waals surface area contributed by atoms with Crippen LogP contribution in [-0.4, -0.2) is 58.0 Å². The van der Waals surface area contributed by atoms with Crippen LogP contribution in [0.15, 0.2) is 35.3 Å². The van der Waals surface area contributed by atoms with Crippen LogP contribution in [0.3, 0.4) is 0 Å². The van der Waals surface area contributed by atoms with Crippen LogP contribution in [-0.2, 0) is 20.8 Å². The number of carboxylic acids is 2. The largest absolute Gasteiger partial charge is 0.480 e. The van der Waals surface area contributed by atoms with Gasteiger partial charge in [-0.3, -0.25) is 4.79 Å². The normalized spacial score (nSPS) is 11.5. The van der Waals surface area contributed by atoms with Crippen molar-refractivity contribution in [2.75, 3.05) is 0 Å². The zero-order valence-electron chi connectivity index (χ0n) is 14.8. The minimum atomic E-state index is -1.11. The second kappa shape index (κ2) is 16.0. The highest BCUT2D eigenvalue weighted by molar-refractivity contribution is 6.13. The first-order chi connectivity index (χ1) is 12.2. The number of hydrogen-bond donors (Lipinski definition) is 5. The Morgan fingerprint density at radius 3 is 1.96 bits per heavy atom. The standard InChI is InChI=1S/C10H9NO3.C6H13NO2.BH3O2/c12-7-11-9(10(13)14)6-8-4-2-1-3-5-8;1-4(2)3-5(7)6(8)9;2-1-3/h1-5,9H,6H2,(H,13,14);4-5H,3,7H2,1-2H3,(H,8,9);1-3H/t9-;5-;/m00./s1. The molecule has 0 amide bonds. The van der Waals surface area contributed by atoms with Crippen LogP contribution in [0, 0.1) is 5.92 Å². The molecule has 0 aliphatic heterocycles. The Morgan fingerprint density at radius 2 is 1.65 bits per heavy atom. The number of rotatable bonds is 7. The van der Waals surface area contributed by atoms with E-state index in [1.165, 1.54) is 6.08 Å². The second-order valence-corrected chi connectivity index (χ2v) is 5.48. The van der Waals surface area contributed by atoms with E-state index in [0.29, 0.717) is 12.3 Å². The highest BCUT2D eigenvalue weighted by Gasteiger charge is 2.16. The number of carbonyl (C=O) groups is 2. The summed E-state index contributed by atoms with van der Waals surface area (Å²) >= 11 is 0. The number of benzene rings is 1. The molecule has 0 saturated carbocycles. The third-order valence-electron chi connectivity index (χ3n) is 2.81. The van der Waals surface area contributed by atoms with Crippen molar-refractivity contribution < 1.29 is 34.6 Å². The molecule has 9 nitrogen and oxygen atoms in total. The lowest BCUT2D eigenvalue weighted by Crippen LogP contribution is -2.31. The molecular formula is C16H25BN2O7.